The van der Waals surface area contributed by atoms with Gasteiger partial charge in [0.15, 0.2) is 0 Å². The summed E-state index contributed by atoms with van der Waals surface area (Å²) >= 11 is 0. The fraction of sp³-hybridized carbons (Fsp3) is 0.200. The second kappa shape index (κ2) is 5.52. The Balaban J connectivity index is 2.18. The van der Waals surface area contributed by atoms with Gasteiger partial charge in [-0.25, -0.2) is 0 Å². The lowest BCUT2D eigenvalue weighted by Gasteiger charge is -2.17. The summed E-state index contributed by atoms with van der Waals surface area (Å²) in [6.45, 7) is 1.94. The van der Waals surface area contributed by atoms with Crippen molar-refractivity contribution in [1.29, 1.82) is 0 Å². The van der Waals surface area contributed by atoms with Crippen LogP contribution in [0.25, 0.3) is 0 Å². The van der Waals surface area contributed by atoms with E-state index in [-0.39, 0.29) is 17.5 Å². The molecular weight excluding hydrogens is 242 g/mol. The number of methoxy groups -OCH3 is 1. The second-order valence-corrected chi connectivity index (χ2v) is 4.34. The number of hydrogen-bond acceptors (Lipinski definition) is 4. The highest BCUT2D eigenvalue weighted by atomic mass is 16.5. The zero-order valence-electron chi connectivity index (χ0n) is 10.9. The minimum atomic E-state index is -0.0901. The smallest absolute Gasteiger partial charge is 0.124 e. The van der Waals surface area contributed by atoms with Gasteiger partial charge in [-0.15, -0.1) is 0 Å². The van der Waals surface area contributed by atoms with Crippen LogP contribution in [0.5, 0.6) is 17.2 Å². The maximum atomic E-state index is 9.96. The Labute approximate surface area is 112 Å². The van der Waals surface area contributed by atoms with E-state index in [1.54, 1.807) is 37.4 Å². The van der Waals surface area contributed by atoms with Crippen molar-refractivity contribution in [2.45, 2.75) is 13.0 Å². The average molecular weight is 259 g/mol. The van der Waals surface area contributed by atoms with Crippen molar-refractivity contribution < 1.29 is 14.9 Å². The molecule has 100 valence electrons. The van der Waals surface area contributed by atoms with Crippen LogP contribution in [0.3, 0.4) is 0 Å². The monoisotopic (exact) mass is 259 g/mol. The molecule has 0 spiro atoms. The van der Waals surface area contributed by atoms with E-state index in [0.717, 1.165) is 11.3 Å². The van der Waals surface area contributed by atoms with Crippen molar-refractivity contribution in [3.8, 4) is 17.2 Å². The maximum Gasteiger partial charge on any atom is 0.124 e. The summed E-state index contributed by atoms with van der Waals surface area (Å²) in [6, 6.07) is 12.0. The number of benzene rings is 2. The number of phenolic OH excluding ortho intramolecular Hbond substituents is 2. The van der Waals surface area contributed by atoms with Crippen molar-refractivity contribution in [3.63, 3.8) is 0 Å². The molecule has 0 aliphatic carbocycles. The lowest BCUT2D eigenvalue weighted by Crippen LogP contribution is -2.06. The summed E-state index contributed by atoms with van der Waals surface area (Å²) in [7, 11) is 1.56. The fourth-order valence-corrected chi connectivity index (χ4v) is 1.94. The third-order valence-electron chi connectivity index (χ3n) is 2.93. The van der Waals surface area contributed by atoms with Crippen LogP contribution in [0.4, 0.5) is 5.69 Å². The first-order valence-electron chi connectivity index (χ1n) is 6.02. The molecule has 19 heavy (non-hydrogen) atoms. The highest BCUT2D eigenvalue weighted by Crippen LogP contribution is 2.30. The van der Waals surface area contributed by atoms with Gasteiger partial charge >= 0.3 is 0 Å². The van der Waals surface area contributed by atoms with E-state index in [9.17, 15) is 10.2 Å². The molecule has 2 aromatic carbocycles. The van der Waals surface area contributed by atoms with Crippen molar-refractivity contribution in [1.82, 2.24) is 0 Å². The fourth-order valence-electron chi connectivity index (χ4n) is 1.94. The SMILES string of the molecule is COc1ccc(C(C)Nc2cccc(O)c2)c(O)c1. The molecule has 0 bridgehead atoms. The number of aromatic hydroxyl groups is 2. The lowest BCUT2D eigenvalue weighted by molar-refractivity contribution is 0.406. The van der Waals surface area contributed by atoms with Gasteiger partial charge in [-0.3, -0.25) is 0 Å². The molecule has 4 nitrogen and oxygen atoms in total. The standard InChI is InChI=1S/C15H17NO3/c1-10(16-11-4-3-5-12(17)8-11)14-7-6-13(19-2)9-15(14)18/h3-10,16-18H,1-2H3. The quantitative estimate of drug-likeness (QED) is 0.788. The molecule has 1 atom stereocenters. The summed E-state index contributed by atoms with van der Waals surface area (Å²) in [6.07, 6.45) is 0. The second-order valence-electron chi connectivity index (χ2n) is 4.34. The van der Waals surface area contributed by atoms with Gasteiger partial charge in [0.2, 0.25) is 0 Å². The van der Waals surface area contributed by atoms with Crippen LogP contribution in [0.2, 0.25) is 0 Å². The van der Waals surface area contributed by atoms with Gasteiger partial charge in [-0.2, -0.15) is 0 Å². The van der Waals surface area contributed by atoms with E-state index in [2.05, 4.69) is 5.32 Å². The molecule has 2 rings (SSSR count). The molecule has 0 fully saturated rings. The molecule has 0 saturated heterocycles. The first kappa shape index (κ1) is 13.1. The van der Waals surface area contributed by atoms with E-state index in [1.807, 2.05) is 19.1 Å². The predicted molar refractivity (Wildman–Crippen MR) is 74.8 cm³/mol. The number of hydrogen-bond donors (Lipinski definition) is 3. The molecule has 0 aromatic heterocycles. The van der Waals surface area contributed by atoms with Crippen LogP contribution >= 0.6 is 0 Å². The summed E-state index contributed by atoms with van der Waals surface area (Å²) in [5.41, 5.74) is 1.56. The Kier molecular flexibility index (Phi) is 3.80. The van der Waals surface area contributed by atoms with Gasteiger partial charge in [0.25, 0.3) is 0 Å². The van der Waals surface area contributed by atoms with Gasteiger partial charge in [0.1, 0.15) is 17.2 Å². The van der Waals surface area contributed by atoms with Crippen molar-refractivity contribution in [2.24, 2.45) is 0 Å². The normalized spacial score (nSPS) is 11.9. The first-order chi connectivity index (χ1) is 9.10. The van der Waals surface area contributed by atoms with E-state index in [0.29, 0.717) is 5.75 Å². The Hall–Kier alpha value is -2.36. The van der Waals surface area contributed by atoms with Crippen LogP contribution < -0.4 is 10.1 Å². The van der Waals surface area contributed by atoms with Gasteiger partial charge in [0.05, 0.1) is 13.2 Å². The van der Waals surface area contributed by atoms with Gasteiger partial charge < -0.3 is 20.3 Å². The minimum Gasteiger partial charge on any atom is -0.508 e. The molecule has 3 N–H and O–H groups in total. The highest BCUT2D eigenvalue weighted by molar-refractivity contribution is 5.51. The summed E-state index contributed by atoms with van der Waals surface area (Å²) in [5.74, 6) is 1.00. The maximum absolute atomic E-state index is 9.96. The lowest BCUT2D eigenvalue weighted by atomic mass is 10.1. The van der Waals surface area contributed by atoms with Gasteiger partial charge in [0, 0.05) is 23.4 Å². The number of rotatable bonds is 4. The Morgan fingerprint density at radius 3 is 2.53 bits per heavy atom. The number of anilines is 1. The minimum absolute atomic E-state index is 0.0901. The van der Waals surface area contributed by atoms with E-state index >= 15 is 0 Å². The predicted octanol–water partition coefficient (Wildman–Crippen LogP) is 3.28. The zero-order valence-corrected chi connectivity index (χ0v) is 10.9. The molecule has 0 heterocycles. The van der Waals surface area contributed by atoms with Crippen LogP contribution in [0, 0.1) is 0 Å². The topological polar surface area (TPSA) is 61.7 Å². The van der Waals surface area contributed by atoms with E-state index in [1.165, 1.54) is 0 Å². The summed E-state index contributed by atoms with van der Waals surface area (Å²) in [4.78, 5) is 0. The van der Waals surface area contributed by atoms with Crippen LogP contribution in [0.1, 0.15) is 18.5 Å². The highest BCUT2D eigenvalue weighted by Gasteiger charge is 2.11. The van der Waals surface area contributed by atoms with Gasteiger partial charge in [-0.05, 0) is 31.2 Å². The molecule has 0 radical (unpaired) electrons. The third kappa shape index (κ3) is 3.10. The molecule has 1 unspecified atom stereocenters. The molecule has 0 saturated carbocycles. The number of nitrogens with one attached hydrogen (secondary N) is 1. The van der Waals surface area contributed by atoms with Crippen molar-refractivity contribution in [2.75, 3.05) is 12.4 Å². The van der Waals surface area contributed by atoms with Crippen LogP contribution in [-0.2, 0) is 0 Å². The Morgan fingerprint density at radius 1 is 1.11 bits per heavy atom. The molecule has 2 aromatic rings. The van der Waals surface area contributed by atoms with Gasteiger partial charge in [-0.1, -0.05) is 6.07 Å². The molecule has 0 aliphatic heterocycles. The molecule has 0 amide bonds. The van der Waals surface area contributed by atoms with Crippen LogP contribution in [-0.4, -0.2) is 17.3 Å². The van der Waals surface area contributed by atoms with Crippen molar-refractivity contribution in [3.05, 3.63) is 48.0 Å². The summed E-state index contributed by atoms with van der Waals surface area (Å²) in [5, 5.41) is 22.6. The van der Waals surface area contributed by atoms with E-state index < -0.39 is 0 Å². The molecule has 0 aliphatic rings. The third-order valence-corrected chi connectivity index (χ3v) is 2.93. The average Bonchev–Trinajstić information content (AvgIpc) is 2.38. The largest absolute Gasteiger partial charge is 0.508 e. The number of ether oxygens (including phenoxy) is 1. The van der Waals surface area contributed by atoms with Crippen LogP contribution in [0.15, 0.2) is 42.5 Å². The van der Waals surface area contributed by atoms with E-state index in [4.69, 9.17) is 4.74 Å². The summed E-state index contributed by atoms with van der Waals surface area (Å²) < 4.78 is 5.05. The zero-order chi connectivity index (χ0) is 13.8. The van der Waals surface area contributed by atoms with Crippen molar-refractivity contribution >= 4 is 5.69 Å². The Morgan fingerprint density at radius 2 is 1.89 bits per heavy atom. The molecule has 4 heteroatoms. The Bertz CT molecular complexity index is 569. The molecular formula is C15H17NO3. The first-order valence-corrected chi connectivity index (χ1v) is 6.02. The number of phenols is 2.